The van der Waals surface area contributed by atoms with Crippen molar-refractivity contribution in [2.45, 2.75) is 35.7 Å². The zero-order valence-electron chi connectivity index (χ0n) is 27.8. The van der Waals surface area contributed by atoms with Crippen LogP contribution in [0.3, 0.4) is 0 Å². The fraction of sp³-hybridized carbons (Fsp3) is 0.125. The average molecular weight is 829 g/mol. The monoisotopic (exact) mass is 827 g/mol. The maximum absolute atomic E-state index is 12.7. The van der Waals surface area contributed by atoms with Gasteiger partial charge in [-0.2, -0.15) is 37.3 Å². The topological polar surface area (TPSA) is 251 Å². The Morgan fingerprint density at radius 2 is 0.906 bits per heavy atom. The van der Waals surface area contributed by atoms with Crippen LogP contribution in [-0.4, -0.2) is 61.4 Å². The fourth-order valence-corrected chi connectivity index (χ4v) is 5.65. The van der Waals surface area contributed by atoms with Crippen LogP contribution in [0.1, 0.15) is 13.8 Å². The Kier molecular flexibility index (Phi) is 15.4. The van der Waals surface area contributed by atoms with Gasteiger partial charge in [0.05, 0.1) is 19.8 Å². The summed E-state index contributed by atoms with van der Waals surface area (Å²) in [7, 11) is -8.87. The molecule has 0 radical (unpaired) electrons. The third-order valence-corrected chi connectivity index (χ3v) is 9.24. The number of hydrogen-bond donors (Lipinski definition) is 4. The molecule has 2 amide bonds. The molecule has 0 aliphatic carbocycles. The third-order valence-electron chi connectivity index (χ3n) is 6.90. The van der Waals surface area contributed by atoms with Gasteiger partial charge in [0.1, 0.15) is 11.4 Å². The number of anilines is 2. The molecule has 0 aliphatic rings. The summed E-state index contributed by atoms with van der Waals surface area (Å²) in [5, 5.41) is 20.7. The van der Waals surface area contributed by atoms with Gasteiger partial charge in [-0.25, -0.2) is 0 Å². The van der Waals surface area contributed by atoms with Crippen LogP contribution in [0.25, 0.3) is 11.1 Å². The smallest absolute Gasteiger partial charge is 0.324 e. The maximum Gasteiger partial charge on any atom is 1.00 e. The van der Waals surface area contributed by atoms with Crippen molar-refractivity contribution in [2.24, 2.45) is 20.5 Å². The van der Waals surface area contributed by atoms with Gasteiger partial charge >= 0.3 is 51.4 Å². The van der Waals surface area contributed by atoms with Crippen molar-refractivity contribution in [1.82, 2.24) is 0 Å². The van der Waals surface area contributed by atoms with E-state index in [0.29, 0.717) is 11.1 Å². The molecular formula is C32H26Cl2KN6O10S2+. The first kappa shape index (κ1) is 43.8. The fourth-order valence-electron chi connectivity index (χ4n) is 4.25. The standard InChI is InChI=1S/C32H26Cl2N6O10S2.K/c1-17(41)29(31(43)35-21-5-9-23(10-6-21)51(45,46)47)39-37-27-13-3-19(15-25(27)33)20-4-14-28(26(34)16-20)38-40-30(18(2)42)32(44)36-22-7-11-24(12-8-22)52(48,49)50;/h3-16,29-30H,1-2H3,(H,35,43)(H,36,44)(H,45,46,47)(H,48,49,50);/q;+1. The molecule has 0 spiro atoms. The van der Waals surface area contributed by atoms with Crippen LogP contribution in [0.15, 0.2) is 115 Å². The van der Waals surface area contributed by atoms with Gasteiger partial charge in [-0.15, -0.1) is 0 Å². The van der Waals surface area contributed by atoms with Crippen LogP contribution in [0.4, 0.5) is 22.7 Å². The Hall–Kier alpha value is -3.60. The molecule has 4 aromatic carbocycles. The Morgan fingerprint density at radius 1 is 0.585 bits per heavy atom. The number of halogens is 2. The van der Waals surface area contributed by atoms with Gasteiger partial charge in [0, 0.05) is 11.4 Å². The van der Waals surface area contributed by atoms with E-state index in [1.165, 1.54) is 48.5 Å². The number of amides is 2. The van der Waals surface area contributed by atoms with Gasteiger partial charge in [-0.1, -0.05) is 35.3 Å². The predicted octanol–water partition coefficient (Wildman–Crippen LogP) is 3.52. The van der Waals surface area contributed by atoms with Crippen molar-refractivity contribution in [3.63, 3.8) is 0 Å². The molecule has 2 atom stereocenters. The second-order valence-corrected chi connectivity index (χ2v) is 14.4. The van der Waals surface area contributed by atoms with Crippen LogP contribution in [0.5, 0.6) is 0 Å². The van der Waals surface area contributed by atoms with Crippen LogP contribution in [-0.2, 0) is 39.4 Å². The summed E-state index contributed by atoms with van der Waals surface area (Å²) in [5.74, 6) is -2.98. The van der Waals surface area contributed by atoms with E-state index < -0.39 is 55.7 Å². The van der Waals surface area contributed by atoms with Crippen LogP contribution < -0.4 is 62.0 Å². The largest absolute Gasteiger partial charge is 1.00 e. The van der Waals surface area contributed by atoms with E-state index in [4.69, 9.17) is 32.3 Å². The summed E-state index contributed by atoms with van der Waals surface area (Å²) in [4.78, 5) is 49.1. The maximum atomic E-state index is 12.7. The Labute approximate surface area is 355 Å². The van der Waals surface area contributed by atoms with E-state index in [2.05, 4.69) is 31.1 Å². The predicted molar refractivity (Wildman–Crippen MR) is 190 cm³/mol. The molecule has 2 unspecified atom stereocenters. The van der Waals surface area contributed by atoms with E-state index in [0.717, 1.165) is 38.1 Å². The van der Waals surface area contributed by atoms with E-state index in [1.807, 2.05) is 0 Å². The molecule has 0 bridgehead atoms. The van der Waals surface area contributed by atoms with Gasteiger partial charge in [0.15, 0.2) is 11.6 Å². The first-order valence-corrected chi connectivity index (χ1v) is 18.2. The van der Waals surface area contributed by atoms with Crippen LogP contribution in [0.2, 0.25) is 10.0 Å². The number of rotatable bonds is 13. The van der Waals surface area contributed by atoms with Crippen molar-refractivity contribution in [3.05, 3.63) is 95.0 Å². The van der Waals surface area contributed by atoms with E-state index in [-0.39, 0.29) is 94.0 Å². The number of hydrogen-bond acceptors (Lipinski definition) is 12. The minimum Gasteiger partial charge on any atom is -0.324 e. The van der Waals surface area contributed by atoms with E-state index >= 15 is 0 Å². The first-order chi connectivity index (χ1) is 24.3. The molecule has 0 fully saturated rings. The quantitative estimate of drug-likeness (QED) is 0.0661. The molecule has 0 heterocycles. The normalized spacial score (nSPS) is 12.9. The second-order valence-electron chi connectivity index (χ2n) is 10.8. The van der Waals surface area contributed by atoms with Crippen LogP contribution in [0, 0.1) is 0 Å². The Balaban J connectivity index is 0.00000756. The third kappa shape index (κ3) is 12.2. The Bertz CT molecular complexity index is 2180. The number of ketones is 2. The summed E-state index contributed by atoms with van der Waals surface area (Å²) >= 11 is 12.8. The number of benzene rings is 4. The SMILES string of the molecule is CC(=O)C(N=Nc1ccc(-c2ccc(N=NC(C(C)=O)C(=O)Nc3ccc(S(=O)(=O)O)cc3)c(Cl)c2)cc1Cl)C(=O)Nc1ccc(S(=O)(=O)O)cc1.[K+]. The van der Waals surface area contributed by atoms with Gasteiger partial charge in [0.25, 0.3) is 32.1 Å². The molecule has 0 saturated carbocycles. The zero-order chi connectivity index (χ0) is 38.4. The van der Waals surface area contributed by atoms with Crippen molar-refractivity contribution >= 4 is 89.6 Å². The number of carbonyl (C=O) groups is 4. The summed E-state index contributed by atoms with van der Waals surface area (Å²) in [6, 6.07) is 15.3. The minimum atomic E-state index is -4.44. The molecule has 270 valence electrons. The molecule has 53 heavy (non-hydrogen) atoms. The molecule has 4 aromatic rings. The van der Waals surface area contributed by atoms with Crippen LogP contribution >= 0.6 is 23.2 Å². The first-order valence-electron chi connectivity index (χ1n) is 14.5. The molecule has 4 rings (SSSR count). The number of nitrogens with zero attached hydrogens (tertiary/aromatic N) is 4. The molecule has 0 aromatic heterocycles. The molecule has 0 saturated heterocycles. The van der Waals surface area contributed by atoms with Crippen molar-refractivity contribution < 1.29 is 96.5 Å². The number of carbonyl (C=O) groups excluding carboxylic acids is 4. The number of Topliss-reactive ketones (excluding diaryl/α,β-unsaturated/α-hetero) is 2. The molecule has 16 nitrogen and oxygen atoms in total. The molecule has 21 heteroatoms. The summed E-state index contributed by atoms with van der Waals surface area (Å²) in [6.45, 7) is 2.27. The number of nitrogens with one attached hydrogen (secondary N) is 2. The van der Waals surface area contributed by atoms with Crippen molar-refractivity contribution in [1.29, 1.82) is 0 Å². The van der Waals surface area contributed by atoms with E-state index in [9.17, 15) is 36.0 Å². The Morgan fingerprint density at radius 3 is 1.17 bits per heavy atom. The van der Waals surface area contributed by atoms with Crippen molar-refractivity contribution in [2.75, 3.05) is 10.6 Å². The summed E-state index contributed by atoms with van der Waals surface area (Å²) in [5.41, 5.74) is 1.68. The molecular weight excluding hydrogens is 803 g/mol. The van der Waals surface area contributed by atoms with Gasteiger partial charge < -0.3 is 10.6 Å². The second kappa shape index (κ2) is 18.6. The average Bonchev–Trinajstić information content (AvgIpc) is 3.05. The minimum absolute atomic E-state index is 0. The molecule has 4 N–H and O–H groups in total. The van der Waals surface area contributed by atoms with Gasteiger partial charge in [0.2, 0.25) is 12.1 Å². The zero-order valence-corrected chi connectivity index (χ0v) is 34.0. The van der Waals surface area contributed by atoms with Crippen molar-refractivity contribution in [3.8, 4) is 11.1 Å². The number of azo groups is 2. The molecule has 0 aliphatic heterocycles. The van der Waals surface area contributed by atoms with E-state index in [1.54, 1.807) is 12.1 Å². The van der Waals surface area contributed by atoms with Gasteiger partial charge in [-0.05, 0) is 97.8 Å². The summed E-state index contributed by atoms with van der Waals surface area (Å²) < 4.78 is 63.1. The summed E-state index contributed by atoms with van der Waals surface area (Å²) in [6.07, 6.45) is 0. The van der Waals surface area contributed by atoms with Gasteiger partial charge in [-0.3, -0.25) is 28.3 Å².